The van der Waals surface area contributed by atoms with Crippen LogP contribution in [-0.2, 0) is 14.8 Å². The third-order valence-electron chi connectivity index (χ3n) is 3.16. The molecule has 0 aliphatic carbocycles. The maximum Gasteiger partial charge on any atom is 0.240 e. The van der Waals surface area contributed by atoms with E-state index >= 15 is 0 Å². The Balaban J connectivity index is 0.00000264. The van der Waals surface area contributed by atoms with Gasteiger partial charge in [-0.25, -0.2) is 13.1 Å². The maximum atomic E-state index is 12.3. The smallest absolute Gasteiger partial charge is 0.240 e. The molecule has 2 N–H and O–H groups in total. The van der Waals surface area contributed by atoms with Crippen molar-refractivity contribution in [3.8, 4) is 0 Å². The van der Waals surface area contributed by atoms with Crippen molar-refractivity contribution in [3.05, 3.63) is 40.9 Å². The van der Waals surface area contributed by atoms with Crippen LogP contribution in [0.5, 0.6) is 0 Å². The first-order valence-corrected chi connectivity index (χ1v) is 9.19. The Morgan fingerprint density at radius 2 is 1.74 bits per heavy atom. The molecular formula is C15H20BrClN2O3S. The van der Waals surface area contributed by atoms with Crippen LogP contribution in [0.1, 0.15) is 0 Å². The fourth-order valence-electron chi connectivity index (χ4n) is 2.02. The number of hydrogen-bond donors (Lipinski definition) is 2. The normalized spacial score (nSPS) is 11.4. The van der Waals surface area contributed by atoms with Gasteiger partial charge in [-0.2, -0.15) is 0 Å². The lowest BCUT2D eigenvalue weighted by Gasteiger charge is -2.09. The molecule has 0 aliphatic rings. The van der Waals surface area contributed by atoms with Crippen LogP contribution in [0.3, 0.4) is 0 Å². The molecule has 0 spiro atoms. The second-order valence-electron chi connectivity index (χ2n) is 4.79. The Morgan fingerprint density at radius 1 is 1.04 bits per heavy atom. The summed E-state index contributed by atoms with van der Waals surface area (Å²) in [6.07, 6.45) is 0. The largest absolute Gasteiger partial charge is 0.383 e. The molecule has 0 bridgehead atoms. The van der Waals surface area contributed by atoms with Gasteiger partial charge < -0.3 is 10.1 Å². The molecule has 5 nitrogen and oxygen atoms in total. The summed E-state index contributed by atoms with van der Waals surface area (Å²) in [4.78, 5) is 0.277. The van der Waals surface area contributed by atoms with E-state index in [9.17, 15) is 8.42 Å². The van der Waals surface area contributed by atoms with E-state index in [0.717, 1.165) is 15.2 Å². The summed E-state index contributed by atoms with van der Waals surface area (Å²) in [5, 5.41) is 4.98. The minimum absolute atomic E-state index is 0. The zero-order valence-corrected chi connectivity index (χ0v) is 15.9. The molecule has 0 atom stereocenters. The van der Waals surface area contributed by atoms with Gasteiger partial charge in [0.1, 0.15) is 0 Å². The lowest BCUT2D eigenvalue weighted by atomic mass is 10.1. The van der Waals surface area contributed by atoms with Crippen molar-refractivity contribution in [2.24, 2.45) is 0 Å². The van der Waals surface area contributed by atoms with Crippen molar-refractivity contribution < 1.29 is 13.2 Å². The van der Waals surface area contributed by atoms with E-state index < -0.39 is 10.0 Å². The molecule has 2 rings (SSSR count). The topological polar surface area (TPSA) is 67.4 Å². The van der Waals surface area contributed by atoms with Crippen LogP contribution >= 0.6 is 28.3 Å². The van der Waals surface area contributed by atoms with Crippen LogP contribution in [0.15, 0.2) is 45.8 Å². The summed E-state index contributed by atoms with van der Waals surface area (Å²) < 4.78 is 33.0. The fraction of sp³-hybridized carbons (Fsp3) is 0.333. The molecule has 23 heavy (non-hydrogen) atoms. The van der Waals surface area contributed by atoms with E-state index in [-0.39, 0.29) is 17.3 Å². The fourth-order valence-corrected chi connectivity index (χ4v) is 3.46. The standard InChI is InChI=1S/C15H19BrN2O3S.ClH/c1-21-9-8-17-6-7-18-22(19,20)15-5-3-12-10-14(16)4-2-13(12)11-15;/h2-5,10-11,17-18H,6-9H2,1H3;1H. The van der Waals surface area contributed by atoms with Crippen molar-refractivity contribution >= 4 is 49.1 Å². The monoisotopic (exact) mass is 422 g/mol. The summed E-state index contributed by atoms with van der Waals surface area (Å²) in [5.74, 6) is 0. The minimum atomic E-state index is -3.49. The average Bonchev–Trinajstić information content (AvgIpc) is 2.50. The first kappa shape index (κ1) is 20.3. The molecule has 0 unspecified atom stereocenters. The number of methoxy groups -OCH3 is 1. The predicted octanol–water partition coefficient (Wildman–Crippen LogP) is 2.54. The zero-order chi connectivity index (χ0) is 16.0. The third-order valence-corrected chi connectivity index (χ3v) is 5.11. The molecule has 0 aromatic heterocycles. The van der Waals surface area contributed by atoms with E-state index in [2.05, 4.69) is 26.0 Å². The number of rotatable bonds is 8. The number of nitrogens with one attached hydrogen (secondary N) is 2. The second-order valence-corrected chi connectivity index (χ2v) is 7.48. The van der Waals surface area contributed by atoms with E-state index in [1.807, 2.05) is 24.3 Å². The molecular weight excluding hydrogens is 404 g/mol. The summed E-state index contributed by atoms with van der Waals surface area (Å²) in [5.41, 5.74) is 0. The van der Waals surface area contributed by atoms with Crippen molar-refractivity contribution in [1.29, 1.82) is 0 Å². The molecule has 0 radical (unpaired) electrons. The molecule has 2 aromatic rings. The highest BCUT2D eigenvalue weighted by molar-refractivity contribution is 9.10. The lowest BCUT2D eigenvalue weighted by Crippen LogP contribution is -2.33. The number of hydrogen-bond acceptors (Lipinski definition) is 4. The van der Waals surface area contributed by atoms with Crippen LogP contribution in [0.25, 0.3) is 10.8 Å². The molecule has 0 amide bonds. The first-order chi connectivity index (χ1) is 10.5. The number of benzene rings is 2. The van der Waals surface area contributed by atoms with Crippen molar-refractivity contribution in [2.75, 3.05) is 33.4 Å². The maximum absolute atomic E-state index is 12.3. The second kappa shape index (κ2) is 9.56. The molecule has 0 fully saturated rings. The van der Waals surface area contributed by atoms with Crippen LogP contribution in [0.2, 0.25) is 0 Å². The average molecular weight is 424 g/mol. The SMILES string of the molecule is COCCNCCNS(=O)(=O)c1ccc2cc(Br)ccc2c1.Cl. The Labute approximate surface area is 151 Å². The quantitative estimate of drug-likeness (QED) is 0.640. The highest BCUT2D eigenvalue weighted by Gasteiger charge is 2.13. The number of halogens is 2. The van der Waals surface area contributed by atoms with Gasteiger partial charge >= 0.3 is 0 Å². The summed E-state index contributed by atoms with van der Waals surface area (Å²) >= 11 is 3.40. The molecule has 0 heterocycles. The van der Waals surface area contributed by atoms with E-state index in [1.165, 1.54) is 0 Å². The van der Waals surface area contributed by atoms with Crippen LogP contribution in [0.4, 0.5) is 0 Å². The highest BCUT2D eigenvalue weighted by atomic mass is 79.9. The first-order valence-electron chi connectivity index (χ1n) is 6.91. The van der Waals surface area contributed by atoms with Gasteiger partial charge in [0.05, 0.1) is 11.5 Å². The Morgan fingerprint density at radius 3 is 2.48 bits per heavy atom. The third kappa shape index (κ3) is 6.02. The molecule has 0 aliphatic heterocycles. The molecule has 128 valence electrons. The predicted molar refractivity (Wildman–Crippen MR) is 98.8 cm³/mol. The van der Waals surface area contributed by atoms with Gasteiger partial charge in [-0.1, -0.05) is 28.1 Å². The van der Waals surface area contributed by atoms with Gasteiger partial charge in [0.2, 0.25) is 10.0 Å². The minimum Gasteiger partial charge on any atom is -0.383 e. The van der Waals surface area contributed by atoms with Crippen LogP contribution < -0.4 is 10.0 Å². The lowest BCUT2D eigenvalue weighted by molar-refractivity contribution is 0.199. The van der Waals surface area contributed by atoms with Crippen molar-refractivity contribution in [3.63, 3.8) is 0 Å². The molecule has 0 saturated heterocycles. The Bertz CT molecular complexity index is 741. The van der Waals surface area contributed by atoms with Crippen LogP contribution in [0, 0.1) is 0 Å². The van der Waals surface area contributed by atoms with E-state index in [4.69, 9.17) is 4.74 Å². The number of ether oxygens (including phenoxy) is 1. The van der Waals surface area contributed by atoms with Crippen molar-refractivity contribution in [1.82, 2.24) is 10.0 Å². The van der Waals surface area contributed by atoms with Gasteiger partial charge in [0.15, 0.2) is 0 Å². The molecule has 2 aromatic carbocycles. The zero-order valence-electron chi connectivity index (χ0n) is 12.7. The van der Waals surface area contributed by atoms with Gasteiger partial charge in [-0.05, 0) is 35.0 Å². The van der Waals surface area contributed by atoms with E-state index in [0.29, 0.717) is 26.2 Å². The van der Waals surface area contributed by atoms with Gasteiger partial charge in [0.25, 0.3) is 0 Å². The van der Waals surface area contributed by atoms with Crippen LogP contribution in [-0.4, -0.2) is 41.8 Å². The van der Waals surface area contributed by atoms with Gasteiger partial charge in [0, 0.05) is 31.2 Å². The van der Waals surface area contributed by atoms with E-state index in [1.54, 1.807) is 19.2 Å². The van der Waals surface area contributed by atoms with Gasteiger partial charge in [-0.15, -0.1) is 12.4 Å². The van der Waals surface area contributed by atoms with Crippen molar-refractivity contribution in [2.45, 2.75) is 4.90 Å². The summed E-state index contributed by atoms with van der Waals surface area (Å²) in [7, 11) is -1.86. The Kier molecular flexibility index (Phi) is 8.46. The Hall–Kier alpha value is -0.700. The number of fused-ring (bicyclic) bond motifs is 1. The molecule has 0 saturated carbocycles. The number of sulfonamides is 1. The molecule has 8 heteroatoms. The summed E-state index contributed by atoms with van der Waals surface area (Å²) in [6, 6.07) is 10.9. The van der Waals surface area contributed by atoms with Gasteiger partial charge in [-0.3, -0.25) is 0 Å². The summed E-state index contributed by atoms with van der Waals surface area (Å²) in [6.45, 7) is 2.20. The highest BCUT2D eigenvalue weighted by Crippen LogP contribution is 2.22.